The van der Waals surface area contributed by atoms with Crippen molar-refractivity contribution >= 4 is 28.9 Å². The predicted octanol–water partition coefficient (Wildman–Crippen LogP) is 3.94. The van der Waals surface area contributed by atoms with Crippen LogP contribution in [0, 0.1) is 6.92 Å². The number of aryl methyl sites for hydroxylation is 1. The van der Waals surface area contributed by atoms with Gasteiger partial charge in [-0.25, -0.2) is 4.68 Å². The Hall–Kier alpha value is -2.16. The number of rotatable bonds is 4. The molecule has 0 aliphatic carbocycles. The van der Waals surface area contributed by atoms with E-state index in [1.807, 2.05) is 23.7 Å². The van der Waals surface area contributed by atoms with E-state index in [4.69, 9.17) is 27.6 Å². The summed E-state index contributed by atoms with van der Waals surface area (Å²) in [5, 5.41) is 13.7. The second kappa shape index (κ2) is 8.17. The standard InChI is InChI=1S/C20H25Cl2N7O/c1-13-5-6-16(30-13)18(19-24-25-26-29(19)20(2,3)4)28-9-7-27(8-10-28)17-14(21)11-23-12-15(17)22/h5-6,11-12,18H,7-10H2,1-4H3. The van der Waals surface area contributed by atoms with Gasteiger partial charge in [0.1, 0.15) is 17.6 Å². The third kappa shape index (κ3) is 4.04. The zero-order valence-electron chi connectivity index (χ0n) is 17.5. The van der Waals surface area contributed by atoms with Crippen molar-refractivity contribution in [1.82, 2.24) is 30.1 Å². The molecule has 0 bridgehead atoms. The molecule has 160 valence electrons. The lowest BCUT2D eigenvalue weighted by Crippen LogP contribution is -2.49. The van der Waals surface area contributed by atoms with Crippen LogP contribution in [-0.2, 0) is 5.54 Å². The SMILES string of the molecule is Cc1ccc(C(c2nnnn2C(C)(C)C)N2CCN(c3c(Cl)cncc3Cl)CC2)o1. The second-order valence-electron chi connectivity index (χ2n) is 8.45. The van der Waals surface area contributed by atoms with Crippen LogP contribution in [0.4, 0.5) is 5.69 Å². The van der Waals surface area contributed by atoms with E-state index in [-0.39, 0.29) is 11.6 Å². The normalized spacial score (nSPS) is 16.8. The van der Waals surface area contributed by atoms with Crippen molar-refractivity contribution in [3.8, 4) is 0 Å². The smallest absolute Gasteiger partial charge is 0.176 e. The Morgan fingerprint density at radius 3 is 2.27 bits per heavy atom. The van der Waals surface area contributed by atoms with Crippen LogP contribution in [0.2, 0.25) is 10.0 Å². The largest absolute Gasteiger partial charge is 0.464 e. The summed E-state index contributed by atoms with van der Waals surface area (Å²) in [6.07, 6.45) is 3.25. The third-order valence-electron chi connectivity index (χ3n) is 5.23. The van der Waals surface area contributed by atoms with E-state index in [0.717, 1.165) is 49.2 Å². The van der Waals surface area contributed by atoms with Crippen LogP contribution in [-0.4, -0.2) is 56.3 Å². The highest BCUT2D eigenvalue weighted by atomic mass is 35.5. The number of pyridine rings is 1. The highest BCUT2D eigenvalue weighted by Crippen LogP contribution is 2.36. The van der Waals surface area contributed by atoms with Crippen LogP contribution in [0.3, 0.4) is 0 Å². The van der Waals surface area contributed by atoms with E-state index in [1.54, 1.807) is 12.4 Å². The molecule has 4 heterocycles. The molecule has 1 aliphatic heterocycles. The number of hydrogen-bond donors (Lipinski definition) is 0. The van der Waals surface area contributed by atoms with Crippen molar-refractivity contribution in [1.29, 1.82) is 0 Å². The van der Waals surface area contributed by atoms with Gasteiger partial charge in [-0.15, -0.1) is 5.10 Å². The quantitative estimate of drug-likeness (QED) is 0.596. The Labute approximate surface area is 185 Å². The molecule has 10 heteroatoms. The molecule has 1 aliphatic rings. The fourth-order valence-electron chi connectivity index (χ4n) is 3.82. The fourth-order valence-corrected chi connectivity index (χ4v) is 4.43. The Morgan fingerprint density at radius 2 is 1.70 bits per heavy atom. The van der Waals surface area contributed by atoms with Gasteiger partial charge in [-0.1, -0.05) is 23.2 Å². The molecule has 1 fully saturated rings. The minimum Gasteiger partial charge on any atom is -0.464 e. The molecule has 3 aromatic rings. The Kier molecular flexibility index (Phi) is 5.74. The molecule has 1 atom stereocenters. The first-order chi connectivity index (χ1) is 14.3. The van der Waals surface area contributed by atoms with Gasteiger partial charge in [-0.05, 0) is 50.3 Å². The highest BCUT2D eigenvalue weighted by Gasteiger charge is 2.35. The molecular weight excluding hydrogens is 425 g/mol. The molecule has 0 spiro atoms. The van der Waals surface area contributed by atoms with Gasteiger partial charge in [0.25, 0.3) is 0 Å². The molecule has 4 rings (SSSR count). The van der Waals surface area contributed by atoms with Crippen molar-refractivity contribution in [3.63, 3.8) is 0 Å². The van der Waals surface area contributed by atoms with Crippen LogP contribution in [0.1, 0.15) is 44.2 Å². The van der Waals surface area contributed by atoms with Gasteiger partial charge in [0.2, 0.25) is 0 Å². The summed E-state index contributed by atoms with van der Waals surface area (Å²) in [6, 6.07) is 3.80. The van der Waals surface area contributed by atoms with E-state index >= 15 is 0 Å². The van der Waals surface area contributed by atoms with Crippen molar-refractivity contribution in [3.05, 3.63) is 51.9 Å². The Morgan fingerprint density at radius 1 is 1.03 bits per heavy atom. The summed E-state index contributed by atoms with van der Waals surface area (Å²) in [5.41, 5.74) is 0.580. The van der Waals surface area contributed by atoms with Gasteiger partial charge >= 0.3 is 0 Å². The number of halogens is 2. The van der Waals surface area contributed by atoms with Crippen LogP contribution < -0.4 is 4.90 Å². The zero-order valence-corrected chi connectivity index (χ0v) is 19.0. The van der Waals surface area contributed by atoms with Gasteiger partial charge in [0.05, 0.1) is 21.3 Å². The van der Waals surface area contributed by atoms with Crippen molar-refractivity contribution in [2.45, 2.75) is 39.3 Å². The minimum atomic E-state index is -0.251. The molecule has 0 amide bonds. The second-order valence-corrected chi connectivity index (χ2v) is 9.26. The van der Waals surface area contributed by atoms with Crippen molar-refractivity contribution in [2.24, 2.45) is 0 Å². The van der Waals surface area contributed by atoms with Crippen LogP contribution >= 0.6 is 23.2 Å². The molecule has 30 heavy (non-hydrogen) atoms. The topological polar surface area (TPSA) is 76.1 Å². The molecule has 0 N–H and O–H groups in total. The maximum Gasteiger partial charge on any atom is 0.176 e. The molecule has 1 saturated heterocycles. The Bertz CT molecular complexity index is 998. The van der Waals surface area contributed by atoms with Crippen LogP contribution in [0.25, 0.3) is 0 Å². The first-order valence-electron chi connectivity index (χ1n) is 9.89. The monoisotopic (exact) mass is 449 g/mol. The molecule has 0 aromatic carbocycles. The molecule has 0 radical (unpaired) electrons. The number of nitrogens with zero attached hydrogens (tertiary/aromatic N) is 7. The highest BCUT2D eigenvalue weighted by molar-refractivity contribution is 6.38. The third-order valence-corrected chi connectivity index (χ3v) is 5.78. The van der Waals surface area contributed by atoms with E-state index in [9.17, 15) is 0 Å². The average molecular weight is 450 g/mol. The van der Waals surface area contributed by atoms with E-state index in [1.165, 1.54) is 0 Å². The number of piperazine rings is 1. The predicted molar refractivity (Wildman–Crippen MR) is 116 cm³/mol. The molecule has 1 unspecified atom stereocenters. The van der Waals surface area contributed by atoms with Crippen LogP contribution in [0.5, 0.6) is 0 Å². The summed E-state index contributed by atoms with van der Waals surface area (Å²) in [7, 11) is 0. The lowest BCUT2D eigenvalue weighted by atomic mass is 10.1. The number of hydrogen-bond acceptors (Lipinski definition) is 7. The number of tetrazole rings is 1. The zero-order chi connectivity index (χ0) is 21.5. The van der Waals surface area contributed by atoms with E-state index in [2.05, 4.69) is 51.1 Å². The fraction of sp³-hybridized carbons (Fsp3) is 0.500. The summed E-state index contributed by atoms with van der Waals surface area (Å²) >= 11 is 12.7. The van der Waals surface area contributed by atoms with E-state index < -0.39 is 0 Å². The molecule has 0 saturated carbocycles. The lowest BCUT2D eigenvalue weighted by Gasteiger charge is -2.40. The van der Waals surface area contributed by atoms with Crippen LogP contribution in [0.15, 0.2) is 28.9 Å². The van der Waals surface area contributed by atoms with Gasteiger partial charge in [0.15, 0.2) is 5.82 Å². The van der Waals surface area contributed by atoms with Crippen molar-refractivity contribution in [2.75, 3.05) is 31.1 Å². The van der Waals surface area contributed by atoms with Crippen molar-refractivity contribution < 1.29 is 4.42 Å². The molecule has 8 nitrogen and oxygen atoms in total. The number of furan rings is 1. The lowest BCUT2D eigenvalue weighted by molar-refractivity contribution is 0.172. The summed E-state index contributed by atoms with van der Waals surface area (Å²) in [4.78, 5) is 8.59. The summed E-state index contributed by atoms with van der Waals surface area (Å²) in [5.74, 6) is 2.46. The summed E-state index contributed by atoms with van der Waals surface area (Å²) in [6.45, 7) is 11.3. The van der Waals surface area contributed by atoms with Gasteiger partial charge in [0, 0.05) is 38.6 Å². The maximum absolute atomic E-state index is 6.37. The first-order valence-corrected chi connectivity index (χ1v) is 10.6. The first kappa shape index (κ1) is 21.1. The van der Waals surface area contributed by atoms with E-state index in [0.29, 0.717) is 10.0 Å². The van der Waals surface area contributed by atoms with Gasteiger partial charge in [-0.2, -0.15) is 0 Å². The maximum atomic E-state index is 6.37. The Balaban J connectivity index is 1.63. The van der Waals surface area contributed by atoms with Gasteiger partial charge < -0.3 is 9.32 Å². The number of anilines is 1. The molecular formula is C20H25Cl2N7O. The molecule has 3 aromatic heterocycles. The average Bonchev–Trinajstić information content (AvgIpc) is 3.33. The minimum absolute atomic E-state index is 0.182. The number of aromatic nitrogens is 5. The van der Waals surface area contributed by atoms with Gasteiger partial charge in [-0.3, -0.25) is 9.88 Å². The summed E-state index contributed by atoms with van der Waals surface area (Å²) < 4.78 is 7.90.